The van der Waals surface area contributed by atoms with Crippen molar-refractivity contribution < 1.29 is 4.39 Å². The average molecular weight is 324 g/mol. The normalized spacial score (nSPS) is 13.5. The fourth-order valence-electron chi connectivity index (χ4n) is 1.45. The number of nitrogens with zero attached hydrogens (tertiary/aromatic N) is 2. The molecule has 0 saturated carbocycles. The molecular formula is C11H10Cl3FN4. The highest BCUT2D eigenvalue weighted by Crippen LogP contribution is 2.38. The van der Waals surface area contributed by atoms with Gasteiger partial charge in [-0.05, 0) is 12.1 Å². The molecule has 4 nitrogen and oxygen atoms in total. The smallest absolute Gasteiger partial charge is 0.246 e. The van der Waals surface area contributed by atoms with Crippen LogP contribution in [0, 0.1) is 0 Å². The van der Waals surface area contributed by atoms with Gasteiger partial charge in [-0.1, -0.05) is 29.3 Å². The second-order valence-electron chi connectivity index (χ2n) is 3.61. The maximum Gasteiger partial charge on any atom is 0.246 e. The molecule has 0 amide bonds. The lowest BCUT2D eigenvalue weighted by Crippen LogP contribution is -2.35. The van der Waals surface area contributed by atoms with Gasteiger partial charge in [-0.3, -0.25) is 5.73 Å². The van der Waals surface area contributed by atoms with Crippen LogP contribution < -0.4 is 11.5 Å². The summed E-state index contributed by atoms with van der Waals surface area (Å²) in [5.41, 5.74) is 11.4. The van der Waals surface area contributed by atoms with Crippen LogP contribution in [0.5, 0.6) is 0 Å². The van der Waals surface area contributed by atoms with Crippen molar-refractivity contribution in [3.05, 3.63) is 52.0 Å². The summed E-state index contributed by atoms with van der Waals surface area (Å²) in [6.45, 7) is 0. The van der Waals surface area contributed by atoms with E-state index in [0.29, 0.717) is 0 Å². The number of alkyl halides is 1. The Morgan fingerprint density at radius 1 is 1.11 bits per heavy atom. The maximum absolute atomic E-state index is 14.6. The van der Waals surface area contributed by atoms with Gasteiger partial charge in [0.15, 0.2) is 5.82 Å². The van der Waals surface area contributed by atoms with Gasteiger partial charge in [-0.2, -0.15) is 0 Å². The average Bonchev–Trinajstić information content (AvgIpc) is 2.37. The molecule has 2 aromatic rings. The van der Waals surface area contributed by atoms with Gasteiger partial charge < -0.3 is 5.73 Å². The number of aromatic nitrogens is 2. The Hall–Kier alpha value is -1.14. The van der Waals surface area contributed by atoms with Gasteiger partial charge in [0, 0.05) is 18.0 Å². The molecule has 0 spiro atoms. The van der Waals surface area contributed by atoms with Crippen molar-refractivity contribution >= 4 is 41.3 Å². The summed E-state index contributed by atoms with van der Waals surface area (Å²) >= 11 is 11.8. The molecule has 0 fully saturated rings. The third-order valence-electron chi connectivity index (χ3n) is 2.40. The first-order chi connectivity index (χ1) is 8.44. The van der Waals surface area contributed by atoms with Crippen molar-refractivity contribution in [1.29, 1.82) is 0 Å². The first kappa shape index (κ1) is 15.9. The number of benzene rings is 1. The van der Waals surface area contributed by atoms with Gasteiger partial charge >= 0.3 is 0 Å². The molecule has 0 aliphatic carbocycles. The van der Waals surface area contributed by atoms with E-state index in [9.17, 15) is 4.39 Å². The summed E-state index contributed by atoms with van der Waals surface area (Å²) < 4.78 is 14.6. The lowest BCUT2D eigenvalue weighted by atomic mass is 10.0. The van der Waals surface area contributed by atoms with E-state index < -0.39 is 5.79 Å². The third-order valence-corrected chi connectivity index (χ3v) is 3.29. The summed E-state index contributed by atoms with van der Waals surface area (Å²) in [6.07, 6.45) is 2.77. The molecule has 0 aliphatic heterocycles. The topological polar surface area (TPSA) is 77.8 Å². The zero-order chi connectivity index (χ0) is 13.3. The molecule has 0 unspecified atom stereocenters. The van der Waals surface area contributed by atoms with E-state index in [1.165, 1.54) is 24.5 Å². The molecule has 1 atom stereocenters. The molecule has 8 heteroatoms. The van der Waals surface area contributed by atoms with Crippen molar-refractivity contribution in [2.24, 2.45) is 5.73 Å². The van der Waals surface area contributed by atoms with Gasteiger partial charge in [0.2, 0.25) is 5.79 Å². The van der Waals surface area contributed by atoms with E-state index in [0.717, 1.165) is 0 Å². The highest BCUT2D eigenvalue weighted by atomic mass is 35.5. The van der Waals surface area contributed by atoms with Crippen LogP contribution in [-0.2, 0) is 5.79 Å². The molecule has 4 N–H and O–H groups in total. The Labute approximate surface area is 125 Å². The third kappa shape index (κ3) is 2.90. The highest BCUT2D eigenvalue weighted by molar-refractivity contribution is 6.44. The van der Waals surface area contributed by atoms with Crippen LogP contribution in [0.25, 0.3) is 0 Å². The molecule has 1 aromatic carbocycles. The molecule has 0 bridgehead atoms. The van der Waals surface area contributed by atoms with E-state index in [1.54, 1.807) is 6.07 Å². The summed E-state index contributed by atoms with van der Waals surface area (Å²) in [6, 6.07) is 4.34. The van der Waals surface area contributed by atoms with Crippen LogP contribution in [0.4, 0.5) is 10.1 Å². The van der Waals surface area contributed by atoms with Crippen molar-refractivity contribution in [3.8, 4) is 0 Å². The summed E-state index contributed by atoms with van der Waals surface area (Å²) in [5, 5.41) is 0.00620. The van der Waals surface area contributed by atoms with E-state index in [2.05, 4.69) is 9.97 Å². The predicted molar refractivity (Wildman–Crippen MR) is 76.2 cm³/mol. The largest absolute Gasteiger partial charge is 0.397 e. The first-order valence-corrected chi connectivity index (χ1v) is 5.69. The second kappa shape index (κ2) is 5.88. The van der Waals surface area contributed by atoms with E-state index in [4.69, 9.17) is 34.7 Å². The van der Waals surface area contributed by atoms with Crippen LogP contribution in [0.15, 0.2) is 30.6 Å². The summed E-state index contributed by atoms with van der Waals surface area (Å²) in [7, 11) is 0. The number of hydrogen-bond donors (Lipinski definition) is 2. The Balaban J connectivity index is 0.00000180. The molecule has 1 aromatic heterocycles. The Kier molecular flexibility index (Phi) is 4.92. The minimum atomic E-state index is -2.43. The summed E-state index contributed by atoms with van der Waals surface area (Å²) in [4.78, 5) is 7.55. The SMILES string of the molecule is Cl.Nc1ccc([C@@](N)(F)c2ncccn2)c(Cl)c1Cl. The van der Waals surface area contributed by atoms with Gasteiger partial charge in [0.1, 0.15) is 0 Å². The lowest BCUT2D eigenvalue weighted by molar-refractivity contribution is 0.218. The molecule has 0 saturated heterocycles. The Morgan fingerprint density at radius 2 is 1.68 bits per heavy atom. The summed E-state index contributed by atoms with van der Waals surface area (Å²) in [5.74, 6) is -2.64. The minimum Gasteiger partial charge on any atom is -0.397 e. The molecule has 1 heterocycles. The van der Waals surface area contributed by atoms with E-state index >= 15 is 0 Å². The van der Waals surface area contributed by atoms with Crippen LogP contribution >= 0.6 is 35.6 Å². The van der Waals surface area contributed by atoms with Crippen LogP contribution in [0.2, 0.25) is 10.0 Å². The number of anilines is 1. The van der Waals surface area contributed by atoms with Crippen LogP contribution in [-0.4, -0.2) is 9.97 Å². The number of rotatable bonds is 2. The van der Waals surface area contributed by atoms with Crippen molar-refractivity contribution in [3.63, 3.8) is 0 Å². The van der Waals surface area contributed by atoms with Crippen LogP contribution in [0.1, 0.15) is 11.4 Å². The zero-order valence-electron chi connectivity index (χ0n) is 9.48. The molecule has 0 aliphatic rings. The van der Waals surface area contributed by atoms with Crippen molar-refractivity contribution in [2.45, 2.75) is 5.79 Å². The minimum absolute atomic E-state index is 0. The number of halogens is 4. The van der Waals surface area contributed by atoms with Crippen molar-refractivity contribution in [1.82, 2.24) is 9.97 Å². The quantitative estimate of drug-likeness (QED) is 0.658. The van der Waals surface area contributed by atoms with Crippen LogP contribution in [0.3, 0.4) is 0 Å². The molecular weight excluding hydrogens is 314 g/mol. The van der Waals surface area contributed by atoms with Gasteiger partial charge in [-0.15, -0.1) is 12.4 Å². The first-order valence-electron chi connectivity index (χ1n) is 4.94. The molecule has 0 radical (unpaired) electrons. The fourth-order valence-corrected chi connectivity index (χ4v) is 1.93. The molecule has 2 rings (SSSR count). The zero-order valence-corrected chi connectivity index (χ0v) is 11.8. The molecule has 19 heavy (non-hydrogen) atoms. The number of nitrogen functional groups attached to an aromatic ring is 1. The van der Waals surface area contributed by atoms with E-state index in [-0.39, 0.29) is 39.5 Å². The number of nitrogens with two attached hydrogens (primary N) is 2. The van der Waals surface area contributed by atoms with Gasteiger partial charge in [-0.25, -0.2) is 14.4 Å². The predicted octanol–water partition coefficient (Wildman–Crippen LogP) is 2.92. The van der Waals surface area contributed by atoms with Gasteiger partial charge in [0.05, 0.1) is 15.7 Å². The lowest BCUT2D eigenvalue weighted by Gasteiger charge is -2.21. The standard InChI is InChI=1S/C11H9Cl2FN4.ClH/c12-8-6(2-3-7(15)9(8)13)11(14,16)10-17-4-1-5-18-10;/h1-5H,15-16H2;1H/t11-;/m0./s1. The van der Waals surface area contributed by atoms with Crippen molar-refractivity contribution in [2.75, 3.05) is 5.73 Å². The Bertz CT molecular complexity index is 578. The highest BCUT2D eigenvalue weighted by Gasteiger charge is 2.35. The van der Waals surface area contributed by atoms with E-state index in [1.807, 2.05) is 0 Å². The molecule has 102 valence electrons. The second-order valence-corrected chi connectivity index (χ2v) is 4.37. The maximum atomic E-state index is 14.6. The number of hydrogen-bond acceptors (Lipinski definition) is 4. The van der Waals surface area contributed by atoms with Gasteiger partial charge in [0.25, 0.3) is 0 Å². The fraction of sp³-hybridized carbons (Fsp3) is 0.0909. The monoisotopic (exact) mass is 322 g/mol. The Morgan fingerprint density at radius 3 is 2.26 bits per heavy atom.